The molecule has 1 aromatic carbocycles. The van der Waals surface area contributed by atoms with Crippen LogP contribution in [0.5, 0.6) is 11.5 Å². The van der Waals surface area contributed by atoms with E-state index in [-0.39, 0.29) is 10.8 Å². The minimum atomic E-state index is 0.182. The lowest BCUT2D eigenvalue weighted by atomic mass is 10.0. The van der Waals surface area contributed by atoms with E-state index >= 15 is 0 Å². The number of ether oxygens (including phenoxy) is 2. The molecule has 0 unspecified atom stereocenters. The highest BCUT2D eigenvalue weighted by Gasteiger charge is 2.66. The van der Waals surface area contributed by atoms with Gasteiger partial charge in [-0.25, -0.2) is 4.98 Å². The Morgan fingerprint density at radius 3 is 2.05 bits per heavy atom. The average molecular weight is 289 g/mol. The van der Waals surface area contributed by atoms with Crippen molar-refractivity contribution in [3.63, 3.8) is 0 Å². The molecule has 0 aliphatic heterocycles. The highest BCUT2D eigenvalue weighted by atomic mass is 16.5. The molecule has 1 aliphatic rings. The van der Waals surface area contributed by atoms with Crippen LogP contribution in [-0.4, -0.2) is 23.8 Å². The van der Waals surface area contributed by atoms with Gasteiger partial charge in [-0.1, -0.05) is 27.7 Å². The van der Waals surface area contributed by atoms with Crippen molar-refractivity contribution in [2.45, 2.75) is 33.7 Å². The Balaban J connectivity index is 2.23. The maximum Gasteiger partial charge on any atom is 0.201 e. The monoisotopic (exact) mass is 289 g/mol. The fourth-order valence-electron chi connectivity index (χ4n) is 3.52. The van der Waals surface area contributed by atoms with Gasteiger partial charge in [-0.05, 0) is 10.8 Å². The molecule has 1 aromatic heterocycles. The smallest absolute Gasteiger partial charge is 0.201 e. The van der Waals surface area contributed by atoms with Crippen molar-refractivity contribution >= 4 is 17.0 Å². The first-order valence-corrected chi connectivity index (χ1v) is 7.15. The van der Waals surface area contributed by atoms with Gasteiger partial charge in [0.1, 0.15) is 0 Å². The summed E-state index contributed by atoms with van der Waals surface area (Å²) in [7, 11) is 3.26. The van der Waals surface area contributed by atoms with Crippen molar-refractivity contribution < 1.29 is 9.47 Å². The average Bonchev–Trinajstić information content (AvgIpc) is 2.68. The van der Waals surface area contributed by atoms with E-state index in [1.54, 1.807) is 14.2 Å². The molecule has 5 nitrogen and oxygen atoms in total. The Kier molecular flexibility index (Phi) is 2.71. The van der Waals surface area contributed by atoms with Crippen LogP contribution in [0.2, 0.25) is 0 Å². The van der Waals surface area contributed by atoms with Gasteiger partial charge in [0.2, 0.25) is 5.95 Å². The summed E-state index contributed by atoms with van der Waals surface area (Å²) < 4.78 is 12.9. The standard InChI is InChI=1S/C16H23N3O2/c1-15(2)13(16(15,3)4)19-10-8-12(21-6)11(20-5)7-9(10)18-14(19)17/h7-8,13H,1-6H3,(H2,17,18). The molecule has 114 valence electrons. The Morgan fingerprint density at radius 2 is 1.57 bits per heavy atom. The normalized spacial score (nSPS) is 19.7. The van der Waals surface area contributed by atoms with Crippen LogP contribution in [-0.2, 0) is 0 Å². The SMILES string of the molecule is COc1cc2nc(N)n(C3C(C)(C)C3(C)C)c2cc1OC. The number of hydrogen-bond donors (Lipinski definition) is 1. The zero-order valence-electron chi connectivity index (χ0n) is 13.5. The number of nitrogens with zero attached hydrogens (tertiary/aromatic N) is 2. The Hall–Kier alpha value is -1.91. The zero-order valence-corrected chi connectivity index (χ0v) is 13.5. The lowest BCUT2D eigenvalue weighted by Crippen LogP contribution is -2.05. The van der Waals surface area contributed by atoms with Gasteiger partial charge in [-0.15, -0.1) is 0 Å². The molecule has 21 heavy (non-hydrogen) atoms. The Bertz CT molecular complexity index is 702. The summed E-state index contributed by atoms with van der Waals surface area (Å²) in [5, 5.41) is 0. The van der Waals surface area contributed by atoms with Gasteiger partial charge >= 0.3 is 0 Å². The van der Waals surface area contributed by atoms with E-state index in [1.165, 1.54) is 0 Å². The van der Waals surface area contributed by atoms with E-state index in [0.29, 0.717) is 23.5 Å². The number of hydrogen-bond acceptors (Lipinski definition) is 4. The molecule has 5 heteroatoms. The number of imidazole rings is 1. The second kappa shape index (κ2) is 4.06. The topological polar surface area (TPSA) is 62.3 Å². The third-order valence-electron chi connectivity index (χ3n) is 5.42. The molecule has 0 bridgehead atoms. The Morgan fingerprint density at radius 1 is 1.05 bits per heavy atom. The first-order chi connectivity index (χ1) is 9.75. The van der Waals surface area contributed by atoms with Crippen molar-refractivity contribution in [3.8, 4) is 11.5 Å². The van der Waals surface area contributed by atoms with Gasteiger partial charge in [0.15, 0.2) is 11.5 Å². The van der Waals surface area contributed by atoms with Crippen molar-refractivity contribution in [2.24, 2.45) is 10.8 Å². The maximum atomic E-state index is 6.19. The highest BCUT2D eigenvalue weighted by molar-refractivity contribution is 5.83. The van der Waals surface area contributed by atoms with Crippen LogP contribution in [0, 0.1) is 10.8 Å². The molecule has 3 rings (SSSR count). The summed E-state index contributed by atoms with van der Waals surface area (Å²) in [4.78, 5) is 4.49. The van der Waals surface area contributed by atoms with Gasteiger partial charge in [0.05, 0.1) is 25.3 Å². The molecule has 0 spiro atoms. The van der Waals surface area contributed by atoms with E-state index in [1.807, 2.05) is 12.1 Å². The van der Waals surface area contributed by atoms with Crippen LogP contribution in [0.3, 0.4) is 0 Å². The first kappa shape index (κ1) is 14.0. The summed E-state index contributed by atoms with van der Waals surface area (Å²) in [6.45, 7) is 9.07. The quantitative estimate of drug-likeness (QED) is 0.942. The lowest BCUT2D eigenvalue weighted by Gasteiger charge is -2.11. The molecule has 0 amide bonds. The number of anilines is 1. The molecule has 1 heterocycles. The number of benzene rings is 1. The lowest BCUT2D eigenvalue weighted by molar-refractivity contribution is 0.355. The second-order valence-electron chi connectivity index (χ2n) is 6.88. The molecular weight excluding hydrogens is 266 g/mol. The minimum Gasteiger partial charge on any atom is -0.493 e. The maximum absolute atomic E-state index is 6.19. The molecule has 0 saturated heterocycles. The van der Waals surface area contributed by atoms with Gasteiger partial charge < -0.3 is 19.8 Å². The summed E-state index contributed by atoms with van der Waals surface area (Å²) in [5.41, 5.74) is 8.39. The molecule has 1 fully saturated rings. The van der Waals surface area contributed by atoms with E-state index in [0.717, 1.165) is 11.0 Å². The fourth-order valence-corrected chi connectivity index (χ4v) is 3.52. The van der Waals surface area contributed by atoms with Crippen molar-refractivity contribution in [2.75, 3.05) is 20.0 Å². The van der Waals surface area contributed by atoms with Crippen LogP contribution in [0.4, 0.5) is 5.95 Å². The number of aromatic nitrogens is 2. The minimum absolute atomic E-state index is 0.182. The van der Waals surface area contributed by atoms with Crippen LogP contribution in [0.1, 0.15) is 33.7 Å². The van der Waals surface area contributed by atoms with E-state index in [4.69, 9.17) is 15.2 Å². The van der Waals surface area contributed by atoms with Crippen LogP contribution < -0.4 is 15.2 Å². The number of nitrogens with two attached hydrogens (primary N) is 1. The van der Waals surface area contributed by atoms with Gasteiger partial charge in [0.25, 0.3) is 0 Å². The fraction of sp³-hybridized carbons (Fsp3) is 0.562. The molecule has 1 aliphatic carbocycles. The van der Waals surface area contributed by atoms with E-state index in [9.17, 15) is 0 Å². The van der Waals surface area contributed by atoms with Crippen molar-refractivity contribution in [3.05, 3.63) is 12.1 Å². The molecule has 0 atom stereocenters. The summed E-state index contributed by atoms with van der Waals surface area (Å²) in [5.74, 6) is 1.91. The summed E-state index contributed by atoms with van der Waals surface area (Å²) in [6, 6.07) is 4.17. The van der Waals surface area contributed by atoms with E-state index < -0.39 is 0 Å². The molecule has 2 aromatic rings. The third-order valence-corrected chi connectivity index (χ3v) is 5.42. The molecular formula is C16H23N3O2. The van der Waals surface area contributed by atoms with Gasteiger partial charge in [-0.3, -0.25) is 0 Å². The summed E-state index contributed by atoms with van der Waals surface area (Å²) >= 11 is 0. The first-order valence-electron chi connectivity index (χ1n) is 7.15. The van der Waals surface area contributed by atoms with Crippen LogP contribution in [0.15, 0.2) is 12.1 Å². The largest absolute Gasteiger partial charge is 0.493 e. The van der Waals surface area contributed by atoms with Crippen molar-refractivity contribution in [1.29, 1.82) is 0 Å². The number of methoxy groups -OCH3 is 2. The predicted molar refractivity (Wildman–Crippen MR) is 83.8 cm³/mol. The number of rotatable bonds is 3. The second-order valence-corrected chi connectivity index (χ2v) is 6.88. The van der Waals surface area contributed by atoms with E-state index in [2.05, 4.69) is 37.2 Å². The predicted octanol–water partition coefficient (Wildman–Crippen LogP) is 3.24. The van der Waals surface area contributed by atoms with Crippen LogP contribution >= 0.6 is 0 Å². The highest BCUT2D eigenvalue weighted by Crippen LogP contribution is 2.72. The van der Waals surface area contributed by atoms with Crippen LogP contribution in [0.25, 0.3) is 11.0 Å². The number of fused-ring (bicyclic) bond motifs is 1. The zero-order chi connectivity index (χ0) is 15.6. The molecule has 2 N–H and O–H groups in total. The van der Waals surface area contributed by atoms with Gasteiger partial charge in [-0.2, -0.15) is 0 Å². The molecule has 0 radical (unpaired) electrons. The summed E-state index contributed by atoms with van der Waals surface area (Å²) in [6.07, 6.45) is 0. The third kappa shape index (κ3) is 1.66. The number of nitrogen functional groups attached to an aromatic ring is 1. The van der Waals surface area contributed by atoms with Gasteiger partial charge in [0, 0.05) is 18.2 Å². The van der Waals surface area contributed by atoms with Crippen molar-refractivity contribution in [1.82, 2.24) is 9.55 Å². The molecule has 1 saturated carbocycles. The Labute approximate surface area is 125 Å².